The van der Waals surface area contributed by atoms with Crippen molar-refractivity contribution in [1.29, 1.82) is 0 Å². The monoisotopic (exact) mass is 178 g/mol. The molecule has 0 amide bonds. The maximum atomic E-state index is 2.51. The van der Waals surface area contributed by atoms with Crippen LogP contribution in [0.25, 0.3) is 0 Å². The van der Waals surface area contributed by atoms with Gasteiger partial charge in [0.25, 0.3) is 0 Å². The third kappa shape index (κ3) is 1.82. The minimum absolute atomic E-state index is 0.512. The Morgan fingerprint density at radius 2 is 1.85 bits per heavy atom. The van der Waals surface area contributed by atoms with Crippen LogP contribution < -0.4 is 0 Å². The van der Waals surface area contributed by atoms with E-state index in [9.17, 15) is 0 Å². The van der Waals surface area contributed by atoms with Crippen LogP contribution in [0.3, 0.4) is 0 Å². The minimum Gasteiger partial charge on any atom is -0.0851 e. The third-order valence-corrected chi connectivity index (χ3v) is 3.93. The summed E-state index contributed by atoms with van der Waals surface area (Å²) in [6, 6.07) is 0. The lowest BCUT2D eigenvalue weighted by Crippen LogP contribution is -2.29. The zero-order chi connectivity index (χ0) is 9.47. The Kier molecular flexibility index (Phi) is 2.25. The molecule has 0 nitrogen and oxygen atoms in total. The predicted octanol–water partition coefficient (Wildman–Crippen LogP) is 4.02. The van der Waals surface area contributed by atoms with Gasteiger partial charge in [0.1, 0.15) is 0 Å². The van der Waals surface area contributed by atoms with Crippen molar-refractivity contribution >= 4 is 0 Å². The quantitative estimate of drug-likeness (QED) is 0.491. The van der Waals surface area contributed by atoms with Crippen LogP contribution in [0.4, 0.5) is 0 Å². The van der Waals surface area contributed by atoms with Crippen molar-refractivity contribution in [2.75, 3.05) is 0 Å². The smallest absolute Gasteiger partial charge is 0.0200 e. The van der Waals surface area contributed by atoms with Crippen molar-refractivity contribution in [3.05, 3.63) is 12.2 Å². The summed E-state index contributed by atoms with van der Waals surface area (Å²) in [6.07, 6.45) is 10.8. The van der Waals surface area contributed by atoms with E-state index in [-0.39, 0.29) is 0 Å². The predicted molar refractivity (Wildman–Crippen MR) is 57.5 cm³/mol. The normalized spacial score (nSPS) is 39.2. The van der Waals surface area contributed by atoms with Gasteiger partial charge in [-0.3, -0.25) is 0 Å². The van der Waals surface area contributed by atoms with Gasteiger partial charge in [0, 0.05) is 0 Å². The third-order valence-electron chi connectivity index (χ3n) is 3.93. The first kappa shape index (κ1) is 9.30. The van der Waals surface area contributed by atoms with E-state index in [4.69, 9.17) is 0 Å². The molecule has 3 aliphatic carbocycles. The van der Waals surface area contributed by atoms with Gasteiger partial charge >= 0.3 is 0 Å². The molecule has 1 saturated carbocycles. The first-order valence-electron chi connectivity index (χ1n) is 5.76. The number of allylic oxidation sites excluding steroid dienone is 2. The molecule has 13 heavy (non-hydrogen) atoms. The number of rotatable bonds is 0. The van der Waals surface area contributed by atoms with Crippen molar-refractivity contribution in [3.63, 3.8) is 0 Å². The van der Waals surface area contributed by atoms with E-state index in [1.54, 1.807) is 0 Å². The molecule has 3 rings (SSSR count). The average molecular weight is 178 g/mol. The Morgan fingerprint density at radius 1 is 1.08 bits per heavy atom. The zero-order valence-electron chi connectivity index (χ0n) is 9.22. The van der Waals surface area contributed by atoms with Crippen LogP contribution in [0.1, 0.15) is 46.5 Å². The molecular formula is C13H22. The Morgan fingerprint density at radius 3 is 2.54 bits per heavy atom. The van der Waals surface area contributed by atoms with Crippen molar-refractivity contribution in [1.82, 2.24) is 0 Å². The number of hydrogen-bond donors (Lipinski definition) is 0. The van der Waals surface area contributed by atoms with Crippen LogP contribution in [0, 0.1) is 23.2 Å². The maximum Gasteiger partial charge on any atom is -0.0200 e. The molecule has 0 heterocycles. The molecule has 74 valence electrons. The van der Waals surface area contributed by atoms with E-state index in [1.807, 2.05) is 0 Å². The second-order valence-electron chi connectivity index (χ2n) is 5.95. The second kappa shape index (κ2) is 3.15. The van der Waals surface area contributed by atoms with E-state index >= 15 is 0 Å². The highest BCUT2D eigenvalue weighted by Gasteiger charge is 2.36. The molecule has 0 aliphatic heterocycles. The molecule has 0 saturated heterocycles. The molecule has 3 unspecified atom stereocenters. The van der Waals surface area contributed by atoms with Crippen molar-refractivity contribution < 1.29 is 0 Å². The van der Waals surface area contributed by atoms with Gasteiger partial charge in [0.05, 0.1) is 0 Å². The van der Waals surface area contributed by atoms with Gasteiger partial charge in [0.2, 0.25) is 0 Å². The summed E-state index contributed by atoms with van der Waals surface area (Å²) in [4.78, 5) is 0. The van der Waals surface area contributed by atoms with Crippen LogP contribution in [0.2, 0.25) is 0 Å². The number of fused-ring (bicyclic) bond motifs is 3. The molecule has 0 aromatic heterocycles. The summed E-state index contributed by atoms with van der Waals surface area (Å²) in [6.45, 7) is 7.23. The molecule has 3 atom stereocenters. The van der Waals surface area contributed by atoms with E-state index < -0.39 is 0 Å². The minimum atomic E-state index is 0.512. The average Bonchev–Trinajstić information content (AvgIpc) is 2.35. The summed E-state index contributed by atoms with van der Waals surface area (Å²) in [5, 5.41) is 0. The van der Waals surface area contributed by atoms with Crippen LogP contribution in [0.5, 0.6) is 0 Å². The summed E-state index contributed by atoms with van der Waals surface area (Å²) in [5.41, 5.74) is 0.512. The standard InChI is InChI=1S/C13H22/c1-13(2,3)12-9-10-5-4-6-11(12)8-7-10/h7-8,10-12H,4-6,9H2,1-3H3. The maximum absolute atomic E-state index is 2.51. The van der Waals surface area contributed by atoms with Gasteiger partial charge in [-0.05, 0) is 42.4 Å². The van der Waals surface area contributed by atoms with Gasteiger partial charge in [0.15, 0.2) is 0 Å². The Hall–Kier alpha value is -0.260. The zero-order valence-corrected chi connectivity index (χ0v) is 9.22. The van der Waals surface area contributed by atoms with E-state index in [0.29, 0.717) is 5.41 Å². The van der Waals surface area contributed by atoms with Crippen LogP contribution >= 0.6 is 0 Å². The SMILES string of the molecule is CC(C)(C)C1CC2C=CC1CCC2. The lowest BCUT2D eigenvalue weighted by molar-refractivity contribution is 0.156. The Bertz CT molecular complexity index is 207. The number of hydrogen-bond acceptors (Lipinski definition) is 0. The van der Waals surface area contributed by atoms with E-state index in [0.717, 1.165) is 17.8 Å². The van der Waals surface area contributed by atoms with Gasteiger partial charge in [-0.25, -0.2) is 0 Å². The highest BCUT2D eigenvalue weighted by atomic mass is 14.4. The first-order chi connectivity index (χ1) is 6.07. The van der Waals surface area contributed by atoms with Crippen LogP contribution in [0.15, 0.2) is 12.2 Å². The fourth-order valence-corrected chi connectivity index (χ4v) is 3.14. The van der Waals surface area contributed by atoms with Crippen molar-refractivity contribution in [2.45, 2.75) is 46.5 Å². The fourth-order valence-electron chi connectivity index (χ4n) is 3.14. The summed E-state index contributed by atoms with van der Waals surface area (Å²) in [5.74, 6) is 2.73. The van der Waals surface area contributed by atoms with Crippen molar-refractivity contribution in [3.8, 4) is 0 Å². The summed E-state index contributed by atoms with van der Waals surface area (Å²) < 4.78 is 0. The Balaban J connectivity index is 2.19. The molecule has 0 radical (unpaired) electrons. The lowest BCUT2D eigenvalue weighted by Gasteiger charge is -2.38. The lowest BCUT2D eigenvalue weighted by atomic mass is 9.67. The van der Waals surface area contributed by atoms with E-state index in [2.05, 4.69) is 32.9 Å². The summed E-state index contributed by atoms with van der Waals surface area (Å²) >= 11 is 0. The highest BCUT2D eigenvalue weighted by Crippen LogP contribution is 2.46. The summed E-state index contributed by atoms with van der Waals surface area (Å²) in [7, 11) is 0. The Labute approximate surface area is 82.4 Å². The van der Waals surface area contributed by atoms with Crippen molar-refractivity contribution in [2.24, 2.45) is 23.2 Å². The fraction of sp³-hybridized carbons (Fsp3) is 0.846. The molecular weight excluding hydrogens is 156 g/mol. The largest absolute Gasteiger partial charge is 0.0851 e. The topological polar surface area (TPSA) is 0 Å². The first-order valence-corrected chi connectivity index (χ1v) is 5.76. The molecule has 3 aliphatic rings. The molecule has 0 N–H and O–H groups in total. The second-order valence-corrected chi connectivity index (χ2v) is 5.95. The van der Waals surface area contributed by atoms with Crippen LogP contribution in [-0.4, -0.2) is 0 Å². The molecule has 0 aromatic carbocycles. The molecule has 0 heteroatoms. The molecule has 0 aromatic rings. The van der Waals surface area contributed by atoms with Gasteiger partial charge in [-0.2, -0.15) is 0 Å². The van der Waals surface area contributed by atoms with Gasteiger partial charge < -0.3 is 0 Å². The van der Waals surface area contributed by atoms with E-state index in [1.165, 1.54) is 25.7 Å². The molecule has 0 spiro atoms. The molecule has 2 bridgehead atoms. The van der Waals surface area contributed by atoms with Crippen LogP contribution in [-0.2, 0) is 0 Å². The highest BCUT2D eigenvalue weighted by molar-refractivity contribution is 5.05. The molecule has 1 fully saturated rings. The van der Waals surface area contributed by atoms with Gasteiger partial charge in [-0.15, -0.1) is 0 Å². The van der Waals surface area contributed by atoms with Gasteiger partial charge in [-0.1, -0.05) is 39.3 Å².